The molecule has 2 fully saturated rings. The van der Waals surface area contributed by atoms with Crippen molar-refractivity contribution >= 4 is 5.97 Å². The van der Waals surface area contributed by atoms with Crippen molar-refractivity contribution in [2.75, 3.05) is 13.2 Å². The fraction of sp³-hybridized carbons (Fsp3) is 0.474. The fourth-order valence-electron chi connectivity index (χ4n) is 3.52. The molecule has 1 saturated heterocycles. The van der Waals surface area contributed by atoms with E-state index in [1.54, 1.807) is 12.3 Å². The lowest BCUT2D eigenvalue weighted by Crippen LogP contribution is -2.51. The monoisotopic (exact) mass is 432 g/mol. The Morgan fingerprint density at radius 2 is 2.07 bits per heavy atom. The Morgan fingerprint density at radius 1 is 1.30 bits per heavy atom. The van der Waals surface area contributed by atoms with Gasteiger partial charge in [-0.15, -0.1) is 0 Å². The van der Waals surface area contributed by atoms with Gasteiger partial charge in [0.2, 0.25) is 0 Å². The summed E-state index contributed by atoms with van der Waals surface area (Å²) in [5, 5.41) is 7.12. The molecule has 3 heterocycles. The van der Waals surface area contributed by atoms with Crippen LogP contribution in [0.5, 0.6) is 5.88 Å². The number of pyridine rings is 1. The summed E-state index contributed by atoms with van der Waals surface area (Å²) < 4.78 is 62.7. The van der Waals surface area contributed by atoms with Crippen LogP contribution in [0.2, 0.25) is 0 Å². The second kappa shape index (κ2) is 9.43. The minimum atomic E-state index is -5.08. The number of alkyl halides is 3. The van der Waals surface area contributed by atoms with Crippen LogP contribution in [0, 0.1) is 5.82 Å². The van der Waals surface area contributed by atoms with Crippen molar-refractivity contribution < 1.29 is 41.4 Å². The Bertz CT molecular complexity index is 831. The van der Waals surface area contributed by atoms with Crippen molar-refractivity contribution in [1.82, 2.24) is 9.88 Å². The Kier molecular flexibility index (Phi) is 6.93. The molecular formula is C19H20F4N2O5. The molecule has 0 spiro atoms. The predicted octanol–water partition coefficient (Wildman–Crippen LogP) is 3.26. The summed E-state index contributed by atoms with van der Waals surface area (Å²) >= 11 is 0. The molecule has 0 bridgehead atoms. The molecular weight excluding hydrogens is 412 g/mol. The van der Waals surface area contributed by atoms with Crippen molar-refractivity contribution in [3.63, 3.8) is 0 Å². The lowest BCUT2D eigenvalue weighted by Gasteiger charge is -2.38. The van der Waals surface area contributed by atoms with E-state index in [4.69, 9.17) is 23.8 Å². The first-order valence-corrected chi connectivity index (χ1v) is 9.21. The number of aliphatic carboxylic acids is 1. The number of carboxylic acid groups (broad SMARTS) is 1. The third kappa shape index (κ3) is 5.48. The lowest BCUT2D eigenvalue weighted by molar-refractivity contribution is -0.192. The third-order valence-electron chi connectivity index (χ3n) is 4.82. The average Bonchev–Trinajstić information content (AvgIpc) is 3.34. The highest BCUT2D eigenvalue weighted by Gasteiger charge is 2.44. The number of carboxylic acids is 1. The van der Waals surface area contributed by atoms with Crippen molar-refractivity contribution in [2.24, 2.45) is 0 Å². The number of hydrogen-bond acceptors (Lipinski definition) is 6. The smallest absolute Gasteiger partial charge is 0.475 e. The van der Waals surface area contributed by atoms with E-state index in [2.05, 4.69) is 9.88 Å². The highest BCUT2D eigenvalue weighted by Crippen LogP contribution is 2.33. The van der Waals surface area contributed by atoms with Gasteiger partial charge in [-0.1, -0.05) is 0 Å². The number of nitrogens with zero attached hydrogens (tertiary/aromatic N) is 2. The van der Waals surface area contributed by atoms with Gasteiger partial charge in [0.1, 0.15) is 18.0 Å². The van der Waals surface area contributed by atoms with Gasteiger partial charge in [-0.05, 0) is 37.1 Å². The number of ether oxygens (including phenoxy) is 2. The van der Waals surface area contributed by atoms with Gasteiger partial charge in [-0.2, -0.15) is 13.2 Å². The summed E-state index contributed by atoms with van der Waals surface area (Å²) in [6.07, 6.45) is -0.276. The first-order valence-electron chi connectivity index (χ1n) is 9.21. The highest BCUT2D eigenvalue weighted by molar-refractivity contribution is 5.73. The van der Waals surface area contributed by atoms with E-state index >= 15 is 0 Å². The summed E-state index contributed by atoms with van der Waals surface area (Å²) in [5.41, 5.74) is 0. The number of halogens is 4. The van der Waals surface area contributed by atoms with Gasteiger partial charge in [0, 0.05) is 18.8 Å². The Labute approximate surface area is 169 Å². The third-order valence-corrected chi connectivity index (χ3v) is 4.82. The van der Waals surface area contributed by atoms with Crippen LogP contribution in [0.3, 0.4) is 0 Å². The number of carbonyl (C=O) groups is 1. The standard InChI is InChI=1S/C17H19FN2O3.C2HF3O2/c18-13-4-1-7-19-17(13)23-15-6-5-14-16(15)22-10-8-20(14)11-12-3-2-9-21-12;3-2(4,5)1(6)7/h1-4,7,9,14-16H,5-6,8,10-11H2;(H,6,7)/t14-,15+,16+;/m0./s1. The molecule has 164 valence electrons. The molecule has 4 rings (SSSR count). The van der Waals surface area contributed by atoms with E-state index in [0.29, 0.717) is 6.61 Å². The topological polar surface area (TPSA) is 85.0 Å². The quantitative estimate of drug-likeness (QED) is 0.743. The number of fused-ring (bicyclic) bond motifs is 1. The summed E-state index contributed by atoms with van der Waals surface area (Å²) in [4.78, 5) is 15.2. The highest BCUT2D eigenvalue weighted by atomic mass is 19.4. The van der Waals surface area contributed by atoms with Gasteiger partial charge >= 0.3 is 12.1 Å². The fourth-order valence-corrected chi connectivity index (χ4v) is 3.52. The van der Waals surface area contributed by atoms with E-state index in [-0.39, 0.29) is 24.1 Å². The number of rotatable bonds is 4. The van der Waals surface area contributed by atoms with Crippen LogP contribution in [-0.4, -0.2) is 58.5 Å². The zero-order valence-electron chi connectivity index (χ0n) is 15.7. The second-order valence-electron chi connectivity index (χ2n) is 6.78. The molecule has 1 N–H and O–H groups in total. The van der Waals surface area contributed by atoms with Gasteiger partial charge in [0.25, 0.3) is 5.88 Å². The maximum absolute atomic E-state index is 13.7. The number of hydrogen-bond donors (Lipinski definition) is 1. The number of furan rings is 1. The van der Waals surface area contributed by atoms with E-state index in [1.807, 2.05) is 12.1 Å². The summed E-state index contributed by atoms with van der Waals surface area (Å²) in [7, 11) is 0. The predicted molar refractivity (Wildman–Crippen MR) is 94.2 cm³/mol. The van der Waals surface area contributed by atoms with Crippen molar-refractivity contribution in [2.45, 2.75) is 43.8 Å². The van der Waals surface area contributed by atoms with Gasteiger partial charge in [-0.3, -0.25) is 4.90 Å². The number of aromatic nitrogens is 1. The lowest BCUT2D eigenvalue weighted by atomic mass is 10.1. The van der Waals surface area contributed by atoms with E-state index in [0.717, 1.165) is 31.7 Å². The molecule has 2 aliphatic rings. The molecule has 2 aromatic rings. The maximum Gasteiger partial charge on any atom is 0.490 e. The van der Waals surface area contributed by atoms with Gasteiger partial charge in [0.05, 0.1) is 19.4 Å². The molecule has 7 nitrogen and oxygen atoms in total. The van der Waals surface area contributed by atoms with Crippen LogP contribution >= 0.6 is 0 Å². The van der Waals surface area contributed by atoms with Crippen molar-refractivity contribution in [3.05, 3.63) is 48.3 Å². The first kappa shape index (κ1) is 22.0. The van der Waals surface area contributed by atoms with Crippen LogP contribution in [-0.2, 0) is 16.1 Å². The minimum absolute atomic E-state index is 0.0554. The van der Waals surface area contributed by atoms with Crippen molar-refractivity contribution in [3.8, 4) is 5.88 Å². The van der Waals surface area contributed by atoms with E-state index in [9.17, 15) is 17.6 Å². The van der Waals surface area contributed by atoms with E-state index in [1.165, 1.54) is 12.3 Å². The van der Waals surface area contributed by atoms with Crippen LogP contribution in [0.4, 0.5) is 17.6 Å². The maximum atomic E-state index is 13.7. The van der Waals surface area contributed by atoms with Gasteiger partial charge in [0.15, 0.2) is 5.82 Å². The van der Waals surface area contributed by atoms with Crippen LogP contribution < -0.4 is 4.74 Å². The minimum Gasteiger partial charge on any atom is -0.475 e. The molecule has 2 aromatic heterocycles. The van der Waals surface area contributed by atoms with Crippen LogP contribution in [0.1, 0.15) is 18.6 Å². The summed E-state index contributed by atoms with van der Waals surface area (Å²) in [6.45, 7) is 2.28. The van der Waals surface area contributed by atoms with E-state index < -0.39 is 18.0 Å². The molecule has 11 heteroatoms. The molecule has 1 aliphatic heterocycles. The molecule has 0 aromatic carbocycles. The molecule has 0 unspecified atom stereocenters. The Balaban J connectivity index is 0.000000318. The SMILES string of the molecule is Fc1cccnc1O[C@@H]1CC[C@H]2[C@H]1OCCN2Cc1ccco1.O=C(O)C(F)(F)F. The second-order valence-corrected chi connectivity index (χ2v) is 6.78. The average molecular weight is 432 g/mol. The Hall–Kier alpha value is -2.66. The Morgan fingerprint density at radius 3 is 2.70 bits per heavy atom. The summed E-state index contributed by atoms with van der Waals surface area (Å²) in [6, 6.07) is 7.07. The number of morpholine rings is 1. The summed E-state index contributed by atoms with van der Waals surface area (Å²) in [5.74, 6) is -2.18. The molecule has 30 heavy (non-hydrogen) atoms. The van der Waals surface area contributed by atoms with Gasteiger partial charge < -0.3 is 19.0 Å². The molecule has 0 radical (unpaired) electrons. The molecule has 3 atom stereocenters. The molecule has 0 amide bonds. The molecule has 1 aliphatic carbocycles. The molecule has 1 saturated carbocycles. The largest absolute Gasteiger partial charge is 0.490 e. The van der Waals surface area contributed by atoms with Crippen molar-refractivity contribution in [1.29, 1.82) is 0 Å². The van der Waals surface area contributed by atoms with Gasteiger partial charge in [-0.25, -0.2) is 14.2 Å². The zero-order valence-corrected chi connectivity index (χ0v) is 15.7. The normalized spacial score (nSPS) is 23.9. The van der Waals surface area contributed by atoms with Crippen LogP contribution in [0.25, 0.3) is 0 Å². The first-order chi connectivity index (χ1) is 14.3. The zero-order chi connectivity index (χ0) is 21.7. The van der Waals surface area contributed by atoms with Crippen LogP contribution in [0.15, 0.2) is 41.1 Å².